The van der Waals surface area contributed by atoms with Crippen molar-refractivity contribution < 1.29 is 14.8 Å². The van der Waals surface area contributed by atoms with Crippen molar-refractivity contribution in [3.8, 4) is 11.8 Å². The minimum absolute atomic E-state index is 0.0226. The van der Waals surface area contributed by atoms with Gasteiger partial charge in [0, 0.05) is 23.6 Å². The molecular formula is C17H13ClN4O4. The molecule has 1 amide bonds. The zero-order valence-electron chi connectivity index (χ0n) is 13.5. The zero-order chi connectivity index (χ0) is 19.3. The van der Waals surface area contributed by atoms with Crippen molar-refractivity contribution in [3.63, 3.8) is 0 Å². The fourth-order valence-corrected chi connectivity index (χ4v) is 2.21. The monoisotopic (exact) mass is 372 g/mol. The van der Waals surface area contributed by atoms with Gasteiger partial charge in [0.2, 0.25) is 0 Å². The van der Waals surface area contributed by atoms with E-state index in [1.807, 2.05) is 0 Å². The highest BCUT2D eigenvalue weighted by Gasteiger charge is 2.14. The second-order valence-electron chi connectivity index (χ2n) is 5.19. The van der Waals surface area contributed by atoms with Gasteiger partial charge in [0.25, 0.3) is 11.6 Å². The molecular weight excluding hydrogens is 360 g/mol. The molecule has 0 spiro atoms. The zero-order valence-corrected chi connectivity index (χ0v) is 14.2. The highest BCUT2D eigenvalue weighted by atomic mass is 35.5. The SMILES string of the molecule is Cc1cc(O)ccc1NC(=O)/C(C#N)=C\Nc1ccc(Cl)c([N+](=O)[O-])c1. The van der Waals surface area contributed by atoms with E-state index in [1.165, 1.54) is 36.4 Å². The summed E-state index contributed by atoms with van der Waals surface area (Å²) in [7, 11) is 0. The maximum Gasteiger partial charge on any atom is 0.289 e. The highest BCUT2D eigenvalue weighted by molar-refractivity contribution is 6.32. The van der Waals surface area contributed by atoms with E-state index in [0.29, 0.717) is 16.9 Å². The fraction of sp³-hybridized carbons (Fsp3) is 0.0588. The van der Waals surface area contributed by atoms with E-state index < -0.39 is 10.8 Å². The molecule has 8 nitrogen and oxygen atoms in total. The number of phenolic OH excluding ortho intramolecular Hbond substituents is 1. The number of nitro groups is 1. The first-order valence-corrected chi connectivity index (χ1v) is 7.61. The third-order valence-corrected chi connectivity index (χ3v) is 3.67. The van der Waals surface area contributed by atoms with Gasteiger partial charge in [-0.1, -0.05) is 11.6 Å². The van der Waals surface area contributed by atoms with Crippen molar-refractivity contribution in [3.05, 3.63) is 68.9 Å². The van der Waals surface area contributed by atoms with Gasteiger partial charge < -0.3 is 15.7 Å². The minimum Gasteiger partial charge on any atom is -0.508 e. The average molecular weight is 373 g/mol. The Balaban J connectivity index is 2.17. The molecule has 0 bridgehead atoms. The van der Waals surface area contributed by atoms with Crippen LogP contribution in [0.15, 0.2) is 48.2 Å². The molecule has 2 aromatic carbocycles. The predicted octanol–water partition coefficient (Wildman–Crippen LogP) is 3.72. The third-order valence-electron chi connectivity index (χ3n) is 3.35. The van der Waals surface area contributed by atoms with E-state index in [2.05, 4.69) is 10.6 Å². The number of hydrogen-bond acceptors (Lipinski definition) is 6. The van der Waals surface area contributed by atoms with Crippen LogP contribution in [0, 0.1) is 28.4 Å². The molecule has 0 saturated heterocycles. The lowest BCUT2D eigenvalue weighted by molar-refractivity contribution is -0.384. The topological polar surface area (TPSA) is 128 Å². The normalized spacial score (nSPS) is 10.7. The standard InChI is InChI=1S/C17H13ClN4O4/c1-10-6-13(23)3-5-15(10)21-17(24)11(8-19)9-20-12-2-4-14(18)16(7-12)22(25)26/h2-7,9,20,23H,1H3,(H,21,24)/b11-9-. The first-order valence-electron chi connectivity index (χ1n) is 7.23. The van der Waals surface area contributed by atoms with Crippen LogP contribution in [0.5, 0.6) is 5.75 Å². The first-order chi connectivity index (χ1) is 12.3. The largest absolute Gasteiger partial charge is 0.508 e. The number of rotatable bonds is 5. The van der Waals surface area contributed by atoms with Gasteiger partial charge in [-0.25, -0.2) is 0 Å². The van der Waals surface area contributed by atoms with E-state index in [9.17, 15) is 20.0 Å². The van der Waals surface area contributed by atoms with Crippen LogP contribution in [0.3, 0.4) is 0 Å². The number of anilines is 2. The molecule has 0 saturated carbocycles. The van der Waals surface area contributed by atoms with Gasteiger partial charge in [0.1, 0.15) is 22.4 Å². The van der Waals surface area contributed by atoms with Crippen molar-refractivity contribution in [1.82, 2.24) is 0 Å². The molecule has 0 radical (unpaired) electrons. The Morgan fingerprint density at radius 3 is 2.69 bits per heavy atom. The number of halogens is 1. The van der Waals surface area contributed by atoms with Crippen LogP contribution < -0.4 is 10.6 Å². The first kappa shape index (κ1) is 18.8. The smallest absolute Gasteiger partial charge is 0.289 e. The number of aromatic hydroxyl groups is 1. The molecule has 0 atom stereocenters. The number of aryl methyl sites for hydroxylation is 1. The maximum absolute atomic E-state index is 12.2. The Morgan fingerprint density at radius 1 is 1.35 bits per heavy atom. The summed E-state index contributed by atoms with van der Waals surface area (Å²) in [5.41, 5.74) is 0.818. The number of carbonyl (C=O) groups excluding carboxylic acids is 1. The van der Waals surface area contributed by atoms with Gasteiger partial charge >= 0.3 is 0 Å². The highest BCUT2D eigenvalue weighted by Crippen LogP contribution is 2.27. The molecule has 0 aliphatic heterocycles. The third kappa shape index (κ3) is 4.49. The number of nitrogens with zero attached hydrogens (tertiary/aromatic N) is 2. The van der Waals surface area contributed by atoms with Gasteiger partial charge in [-0.05, 0) is 42.8 Å². The molecule has 0 unspecified atom stereocenters. The number of amides is 1. The molecule has 2 aromatic rings. The summed E-state index contributed by atoms with van der Waals surface area (Å²) in [6.45, 7) is 1.69. The molecule has 2 rings (SSSR count). The molecule has 0 fully saturated rings. The second-order valence-corrected chi connectivity index (χ2v) is 5.60. The molecule has 0 aliphatic carbocycles. The van der Waals surface area contributed by atoms with E-state index in [0.717, 1.165) is 6.20 Å². The average Bonchev–Trinajstić information content (AvgIpc) is 2.59. The molecule has 132 valence electrons. The summed E-state index contributed by atoms with van der Waals surface area (Å²) in [5.74, 6) is -0.611. The predicted molar refractivity (Wildman–Crippen MR) is 96.9 cm³/mol. The Morgan fingerprint density at radius 2 is 2.08 bits per heavy atom. The number of carbonyl (C=O) groups is 1. The van der Waals surface area contributed by atoms with Crippen molar-refractivity contribution in [1.29, 1.82) is 5.26 Å². The van der Waals surface area contributed by atoms with E-state index >= 15 is 0 Å². The number of benzene rings is 2. The van der Waals surface area contributed by atoms with Gasteiger partial charge in [-0.15, -0.1) is 0 Å². The molecule has 0 aliphatic rings. The second kappa shape index (κ2) is 8.00. The lowest BCUT2D eigenvalue weighted by Gasteiger charge is -2.08. The number of nitrogens with one attached hydrogen (secondary N) is 2. The van der Waals surface area contributed by atoms with Gasteiger partial charge in [0.05, 0.1) is 4.92 Å². The number of nitriles is 1. The van der Waals surface area contributed by atoms with Gasteiger partial charge in [-0.3, -0.25) is 14.9 Å². The molecule has 26 heavy (non-hydrogen) atoms. The lowest BCUT2D eigenvalue weighted by atomic mass is 10.2. The maximum atomic E-state index is 12.2. The van der Waals surface area contributed by atoms with E-state index in [-0.39, 0.29) is 22.0 Å². The Hall–Kier alpha value is -3.57. The summed E-state index contributed by atoms with van der Waals surface area (Å²) >= 11 is 5.73. The van der Waals surface area contributed by atoms with E-state index in [4.69, 9.17) is 16.9 Å². The van der Waals surface area contributed by atoms with Crippen LogP contribution in [-0.4, -0.2) is 15.9 Å². The van der Waals surface area contributed by atoms with Gasteiger partial charge in [0.15, 0.2) is 0 Å². The Labute approximate surface area is 153 Å². The van der Waals surface area contributed by atoms with Gasteiger partial charge in [-0.2, -0.15) is 5.26 Å². The van der Waals surface area contributed by atoms with Crippen LogP contribution in [0.1, 0.15) is 5.56 Å². The fourth-order valence-electron chi connectivity index (χ4n) is 2.02. The summed E-state index contributed by atoms with van der Waals surface area (Å²) in [6, 6.07) is 10.1. The van der Waals surface area contributed by atoms with Crippen molar-refractivity contribution in [2.24, 2.45) is 0 Å². The molecule has 3 N–H and O–H groups in total. The van der Waals surface area contributed by atoms with Crippen LogP contribution in [0.25, 0.3) is 0 Å². The minimum atomic E-state index is -0.669. The number of nitro benzene ring substituents is 1. The van der Waals surface area contributed by atoms with Crippen LogP contribution in [-0.2, 0) is 4.79 Å². The van der Waals surface area contributed by atoms with Crippen molar-refractivity contribution in [2.45, 2.75) is 6.92 Å². The van der Waals surface area contributed by atoms with Crippen LogP contribution in [0.4, 0.5) is 17.1 Å². The summed E-state index contributed by atoms with van der Waals surface area (Å²) in [5, 5.41) is 34.6. The molecule has 9 heteroatoms. The summed E-state index contributed by atoms with van der Waals surface area (Å²) < 4.78 is 0. The summed E-state index contributed by atoms with van der Waals surface area (Å²) in [6.07, 6.45) is 1.14. The van der Waals surface area contributed by atoms with E-state index in [1.54, 1.807) is 13.0 Å². The number of phenols is 1. The molecule has 0 aromatic heterocycles. The van der Waals surface area contributed by atoms with Crippen molar-refractivity contribution in [2.75, 3.05) is 10.6 Å². The van der Waals surface area contributed by atoms with Crippen LogP contribution >= 0.6 is 11.6 Å². The summed E-state index contributed by atoms with van der Waals surface area (Å²) in [4.78, 5) is 22.4. The number of hydrogen-bond donors (Lipinski definition) is 3. The quantitative estimate of drug-likeness (QED) is 0.241. The van der Waals surface area contributed by atoms with Crippen LogP contribution in [0.2, 0.25) is 5.02 Å². The lowest BCUT2D eigenvalue weighted by Crippen LogP contribution is -2.15. The molecule has 0 heterocycles. The Kier molecular flexibility index (Phi) is 5.78. The van der Waals surface area contributed by atoms with Crippen molar-refractivity contribution >= 4 is 34.6 Å². The Bertz CT molecular complexity index is 950.